The van der Waals surface area contributed by atoms with Gasteiger partial charge in [0.2, 0.25) is 0 Å². The fraction of sp³-hybridized carbons (Fsp3) is 0.538. The zero-order valence-corrected chi connectivity index (χ0v) is 10.4. The summed E-state index contributed by atoms with van der Waals surface area (Å²) in [6, 6.07) is 3.73. The number of hydrogen-bond acceptors (Lipinski definition) is 3. The average Bonchev–Trinajstić information content (AvgIpc) is 2.80. The van der Waals surface area contributed by atoms with Crippen LogP contribution in [0.5, 0.6) is 0 Å². The minimum absolute atomic E-state index is 0.191. The molecule has 0 spiro atoms. The molecule has 1 aliphatic rings. The first-order valence-electron chi connectivity index (χ1n) is 6.22. The fourth-order valence-corrected chi connectivity index (χ4v) is 2.57. The maximum absolute atomic E-state index is 13.3. The van der Waals surface area contributed by atoms with Gasteiger partial charge < -0.3 is 4.90 Å². The first-order valence-corrected chi connectivity index (χ1v) is 6.22. The highest BCUT2D eigenvalue weighted by Crippen LogP contribution is 2.28. The molecule has 1 saturated carbocycles. The topological polar surface area (TPSA) is 46.4 Å². The number of rotatable bonds is 4. The van der Waals surface area contributed by atoms with Crippen molar-refractivity contribution in [2.75, 3.05) is 18.5 Å². The lowest BCUT2D eigenvalue weighted by Gasteiger charge is -2.22. The van der Waals surface area contributed by atoms with E-state index in [-0.39, 0.29) is 5.69 Å². The molecule has 1 aromatic carbocycles. The molecule has 0 N–H and O–H groups in total. The Labute approximate surface area is 106 Å². The Kier molecular flexibility index (Phi) is 3.79. The number of nitro benzene ring substituents is 1. The van der Waals surface area contributed by atoms with Crippen molar-refractivity contribution < 1.29 is 9.31 Å². The lowest BCUT2D eigenvalue weighted by atomic mass is 10.1. The second-order valence-electron chi connectivity index (χ2n) is 4.96. The second kappa shape index (κ2) is 5.33. The van der Waals surface area contributed by atoms with Gasteiger partial charge in [-0.2, -0.15) is 0 Å². The van der Waals surface area contributed by atoms with E-state index in [1.807, 2.05) is 11.9 Å². The molecular weight excluding hydrogens is 235 g/mol. The molecule has 0 radical (unpaired) electrons. The van der Waals surface area contributed by atoms with E-state index in [9.17, 15) is 14.5 Å². The lowest BCUT2D eigenvalue weighted by molar-refractivity contribution is -0.385. The van der Waals surface area contributed by atoms with E-state index in [4.69, 9.17) is 0 Å². The molecule has 0 aliphatic heterocycles. The van der Waals surface area contributed by atoms with Crippen LogP contribution in [0.2, 0.25) is 0 Å². The Morgan fingerprint density at radius 3 is 2.67 bits per heavy atom. The molecule has 0 heterocycles. The van der Waals surface area contributed by atoms with Crippen LogP contribution in [0.1, 0.15) is 25.7 Å². The van der Waals surface area contributed by atoms with Crippen LogP contribution >= 0.6 is 0 Å². The minimum Gasteiger partial charge on any atom is -0.374 e. The van der Waals surface area contributed by atoms with Gasteiger partial charge in [0, 0.05) is 25.3 Å². The summed E-state index contributed by atoms with van der Waals surface area (Å²) in [5, 5.41) is 10.7. The number of halogens is 1. The minimum atomic E-state index is -0.560. The van der Waals surface area contributed by atoms with Gasteiger partial charge in [0.25, 0.3) is 5.69 Å². The van der Waals surface area contributed by atoms with E-state index < -0.39 is 10.7 Å². The molecule has 0 atom stereocenters. The number of nitro groups is 1. The molecule has 0 unspecified atom stereocenters. The van der Waals surface area contributed by atoms with Crippen LogP contribution < -0.4 is 4.90 Å². The smallest absolute Gasteiger partial charge is 0.274 e. The molecule has 1 fully saturated rings. The zero-order valence-electron chi connectivity index (χ0n) is 10.4. The Morgan fingerprint density at radius 1 is 1.39 bits per heavy atom. The first kappa shape index (κ1) is 12.8. The Morgan fingerprint density at radius 2 is 2.06 bits per heavy atom. The summed E-state index contributed by atoms with van der Waals surface area (Å²) in [6.45, 7) is 0.834. The molecule has 1 aromatic rings. The third kappa shape index (κ3) is 2.97. The van der Waals surface area contributed by atoms with Gasteiger partial charge in [-0.05, 0) is 24.8 Å². The van der Waals surface area contributed by atoms with Gasteiger partial charge >= 0.3 is 0 Å². The van der Waals surface area contributed by atoms with Crippen LogP contribution in [0.15, 0.2) is 18.2 Å². The van der Waals surface area contributed by atoms with Crippen LogP contribution in [-0.4, -0.2) is 18.5 Å². The number of nitrogens with zero attached hydrogens (tertiary/aromatic N) is 2. The van der Waals surface area contributed by atoms with Gasteiger partial charge in [0.05, 0.1) is 11.0 Å². The van der Waals surface area contributed by atoms with Crippen LogP contribution in [-0.2, 0) is 0 Å². The summed E-state index contributed by atoms with van der Waals surface area (Å²) in [5.74, 6) is 0.0646. The highest BCUT2D eigenvalue weighted by atomic mass is 19.1. The van der Waals surface area contributed by atoms with Crippen molar-refractivity contribution >= 4 is 11.4 Å². The third-order valence-corrected chi connectivity index (χ3v) is 3.53. The number of benzene rings is 1. The largest absolute Gasteiger partial charge is 0.374 e. The number of non-ortho nitro benzene ring substituents is 1. The summed E-state index contributed by atoms with van der Waals surface area (Å²) in [6.07, 6.45) is 4.90. The summed E-state index contributed by atoms with van der Waals surface area (Å²) in [4.78, 5) is 12.0. The van der Waals surface area contributed by atoms with Crippen molar-refractivity contribution in [2.45, 2.75) is 25.7 Å². The van der Waals surface area contributed by atoms with Gasteiger partial charge in [0.15, 0.2) is 0 Å². The Balaban J connectivity index is 2.13. The Bertz CT molecular complexity index is 445. The van der Waals surface area contributed by atoms with Gasteiger partial charge in [-0.15, -0.1) is 0 Å². The summed E-state index contributed by atoms with van der Waals surface area (Å²) in [7, 11) is 1.86. The fourth-order valence-electron chi connectivity index (χ4n) is 2.57. The Hall–Kier alpha value is -1.65. The molecule has 0 amide bonds. The summed E-state index contributed by atoms with van der Waals surface area (Å²) >= 11 is 0. The molecular formula is C13H17FN2O2. The van der Waals surface area contributed by atoms with E-state index in [2.05, 4.69) is 0 Å². The molecule has 0 bridgehead atoms. The van der Waals surface area contributed by atoms with E-state index >= 15 is 0 Å². The molecule has 0 saturated heterocycles. The zero-order chi connectivity index (χ0) is 13.1. The number of hydrogen-bond donors (Lipinski definition) is 0. The van der Waals surface area contributed by atoms with Gasteiger partial charge in [-0.25, -0.2) is 4.39 Å². The molecule has 1 aliphatic carbocycles. The maximum Gasteiger partial charge on any atom is 0.274 e. The molecule has 98 valence electrons. The molecule has 5 heteroatoms. The standard InChI is InChI=1S/C13H17FN2O2/c1-15(9-10-4-2-3-5-10)12-6-11(14)7-13(8-12)16(17)18/h6-8,10H,2-5,9H2,1H3. The highest BCUT2D eigenvalue weighted by Gasteiger charge is 2.18. The summed E-state index contributed by atoms with van der Waals surface area (Å²) < 4.78 is 13.3. The summed E-state index contributed by atoms with van der Waals surface area (Å²) in [5.41, 5.74) is 0.386. The van der Waals surface area contributed by atoms with E-state index in [0.717, 1.165) is 12.6 Å². The van der Waals surface area contributed by atoms with Crippen molar-refractivity contribution in [3.8, 4) is 0 Å². The van der Waals surface area contributed by atoms with E-state index in [1.54, 1.807) is 0 Å². The van der Waals surface area contributed by atoms with Crippen molar-refractivity contribution in [3.63, 3.8) is 0 Å². The maximum atomic E-state index is 13.3. The van der Waals surface area contributed by atoms with Crippen molar-refractivity contribution in [2.24, 2.45) is 5.92 Å². The normalized spacial score (nSPS) is 15.9. The second-order valence-corrected chi connectivity index (χ2v) is 4.96. The molecule has 4 nitrogen and oxygen atoms in total. The predicted octanol–water partition coefficient (Wildman–Crippen LogP) is 3.36. The SMILES string of the molecule is CN(CC1CCCC1)c1cc(F)cc([N+](=O)[O-])c1. The lowest BCUT2D eigenvalue weighted by Crippen LogP contribution is -2.24. The number of anilines is 1. The average molecular weight is 252 g/mol. The van der Waals surface area contributed by atoms with Crippen molar-refractivity contribution in [1.29, 1.82) is 0 Å². The van der Waals surface area contributed by atoms with Crippen LogP contribution in [0.3, 0.4) is 0 Å². The molecule has 18 heavy (non-hydrogen) atoms. The van der Waals surface area contributed by atoms with E-state index in [0.29, 0.717) is 11.6 Å². The van der Waals surface area contributed by atoms with Crippen molar-refractivity contribution in [1.82, 2.24) is 0 Å². The predicted molar refractivity (Wildman–Crippen MR) is 68.3 cm³/mol. The highest BCUT2D eigenvalue weighted by molar-refractivity contribution is 5.53. The molecule has 2 rings (SSSR count). The van der Waals surface area contributed by atoms with Gasteiger partial charge in [-0.3, -0.25) is 10.1 Å². The monoisotopic (exact) mass is 252 g/mol. The van der Waals surface area contributed by atoms with E-state index in [1.165, 1.54) is 37.8 Å². The molecule has 0 aromatic heterocycles. The van der Waals surface area contributed by atoms with Gasteiger partial charge in [0.1, 0.15) is 5.82 Å². The quantitative estimate of drug-likeness (QED) is 0.609. The van der Waals surface area contributed by atoms with Crippen LogP contribution in [0.4, 0.5) is 15.8 Å². The first-order chi connectivity index (χ1) is 8.56. The van der Waals surface area contributed by atoms with Gasteiger partial charge in [-0.1, -0.05) is 12.8 Å². The van der Waals surface area contributed by atoms with Crippen molar-refractivity contribution in [3.05, 3.63) is 34.1 Å². The van der Waals surface area contributed by atoms with Crippen LogP contribution in [0.25, 0.3) is 0 Å². The third-order valence-electron chi connectivity index (χ3n) is 3.53. The van der Waals surface area contributed by atoms with Crippen LogP contribution in [0, 0.1) is 21.8 Å².